The van der Waals surface area contributed by atoms with E-state index in [4.69, 9.17) is 4.74 Å². The van der Waals surface area contributed by atoms with E-state index in [0.717, 1.165) is 31.7 Å². The highest BCUT2D eigenvalue weighted by atomic mass is 32.1. The van der Waals surface area contributed by atoms with Crippen molar-refractivity contribution in [3.63, 3.8) is 0 Å². The second kappa shape index (κ2) is 20.2. The molecule has 0 aliphatic rings. The number of carbonyl (C=O) groups is 3. The van der Waals surface area contributed by atoms with Crippen molar-refractivity contribution in [2.45, 2.75) is 110 Å². The Morgan fingerprint density at radius 2 is 1.47 bits per heavy atom. The minimum Gasteiger partial charge on any atom is -0.444 e. The molecular weight excluding hydrogens is 709 g/mol. The minimum atomic E-state index is -1.06. The number of alkyl carbamates (subject to hydrolysis) is 1. The van der Waals surface area contributed by atoms with Crippen LogP contribution in [0, 0.1) is 5.92 Å². The van der Waals surface area contributed by atoms with Gasteiger partial charge in [0.25, 0.3) is 0 Å². The van der Waals surface area contributed by atoms with Gasteiger partial charge in [0.2, 0.25) is 5.91 Å². The van der Waals surface area contributed by atoms with E-state index in [0.29, 0.717) is 25.3 Å². The molecule has 11 nitrogen and oxygen atoms in total. The van der Waals surface area contributed by atoms with Gasteiger partial charge in [-0.2, -0.15) is 0 Å². The molecule has 2 aromatic heterocycles. The Labute approximate surface area is 321 Å². The van der Waals surface area contributed by atoms with Crippen molar-refractivity contribution in [2.24, 2.45) is 5.92 Å². The summed E-state index contributed by atoms with van der Waals surface area (Å²) in [6.07, 6.45) is 0.907. The Morgan fingerprint density at radius 1 is 0.849 bits per heavy atom. The van der Waals surface area contributed by atoms with Crippen molar-refractivity contribution in [1.29, 1.82) is 0 Å². The van der Waals surface area contributed by atoms with Gasteiger partial charge in [0, 0.05) is 36.5 Å². The molecular formula is C40H54N6O5S2. The first-order valence-electron chi connectivity index (χ1n) is 18.2. The quantitative estimate of drug-likeness (QED) is 0.0852. The van der Waals surface area contributed by atoms with Crippen LogP contribution < -0.4 is 16.0 Å². The second-order valence-corrected chi connectivity index (χ2v) is 16.4. The fraction of sp³-hybridized carbons (Fsp3) is 0.475. The molecule has 286 valence electrons. The third kappa shape index (κ3) is 13.2. The van der Waals surface area contributed by atoms with Crippen LogP contribution in [0.15, 0.2) is 72.2 Å². The smallest absolute Gasteiger partial charge is 0.407 e. The van der Waals surface area contributed by atoms with Crippen LogP contribution in [-0.4, -0.2) is 69.3 Å². The molecule has 0 saturated heterocycles. The lowest BCUT2D eigenvalue weighted by molar-refractivity contribution is -0.124. The first kappa shape index (κ1) is 41.4. The van der Waals surface area contributed by atoms with Gasteiger partial charge in [0.1, 0.15) is 12.6 Å². The molecule has 0 spiro atoms. The number of amides is 4. The third-order valence-electron chi connectivity index (χ3n) is 8.71. The zero-order valence-electron chi connectivity index (χ0n) is 31.7. The lowest BCUT2D eigenvalue weighted by Gasteiger charge is -2.30. The van der Waals surface area contributed by atoms with E-state index in [9.17, 15) is 19.5 Å². The molecule has 4 aromatic rings. The van der Waals surface area contributed by atoms with Crippen LogP contribution in [0.3, 0.4) is 0 Å². The van der Waals surface area contributed by atoms with Crippen molar-refractivity contribution < 1.29 is 24.2 Å². The number of ether oxygens (including phenoxy) is 1. The largest absolute Gasteiger partial charge is 0.444 e. The summed E-state index contributed by atoms with van der Waals surface area (Å²) >= 11 is 3.07. The Balaban J connectivity index is 1.47. The van der Waals surface area contributed by atoms with Crippen molar-refractivity contribution in [3.05, 3.63) is 104 Å². The minimum absolute atomic E-state index is 0.0668. The van der Waals surface area contributed by atoms with Gasteiger partial charge in [-0.25, -0.2) is 19.6 Å². The Hall–Kier alpha value is -4.33. The van der Waals surface area contributed by atoms with E-state index in [1.807, 2.05) is 79.9 Å². The number of nitrogens with zero attached hydrogens (tertiary/aromatic N) is 3. The van der Waals surface area contributed by atoms with Crippen molar-refractivity contribution in [3.8, 4) is 0 Å². The van der Waals surface area contributed by atoms with Crippen LogP contribution in [0.25, 0.3) is 0 Å². The van der Waals surface area contributed by atoms with Crippen molar-refractivity contribution >= 4 is 40.7 Å². The van der Waals surface area contributed by atoms with E-state index < -0.39 is 30.3 Å². The average Bonchev–Trinajstić information content (AvgIpc) is 3.80. The maximum Gasteiger partial charge on any atom is 0.407 e. The number of carbonyl (C=O) groups excluding carboxylic acids is 3. The summed E-state index contributed by atoms with van der Waals surface area (Å²) in [5.74, 6) is -0.00499. The Kier molecular flexibility index (Phi) is 15.8. The predicted molar refractivity (Wildman–Crippen MR) is 211 cm³/mol. The van der Waals surface area contributed by atoms with E-state index >= 15 is 0 Å². The molecule has 2 aromatic carbocycles. The average molecular weight is 763 g/mol. The van der Waals surface area contributed by atoms with Gasteiger partial charge in [-0.05, 0) is 36.3 Å². The van der Waals surface area contributed by atoms with Gasteiger partial charge in [-0.15, -0.1) is 22.7 Å². The predicted octanol–water partition coefficient (Wildman–Crippen LogP) is 7.03. The lowest BCUT2D eigenvalue weighted by atomic mass is 9.93. The molecule has 53 heavy (non-hydrogen) atoms. The number of nitrogens with one attached hydrogen (secondary N) is 3. The molecule has 0 unspecified atom stereocenters. The van der Waals surface area contributed by atoms with Gasteiger partial charge in [0.15, 0.2) is 0 Å². The number of rotatable bonds is 18. The van der Waals surface area contributed by atoms with Crippen LogP contribution >= 0.6 is 22.7 Å². The van der Waals surface area contributed by atoms with Crippen LogP contribution in [0.5, 0.6) is 0 Å². The SMILES string of the molecule is CC(C)c1nc(CN(C)C(=O)N[C@H](C(=O)N[C@@H](Cc2ccccc2)C[C@H](O)[C@H](Cc2ccccc2)NC(=O)OCc2cnc(C(C)C)s2)C(C)C)cs1. The van der Waals surface area contributed by atoms with Gasteiger partial charge in [-0.3, -0.25) is 4.79 Å². The molecule has 2 heterocycles. The normalized spacial score (nSPS) is 13.7. The summed E-state index contributed by atoms with van der Waals surface area (Å²) in [4.78, 5) is 51.7. The van der Waals surface area contributed by atoms with Gasteiger partial charge in [-0.1, -0.05) is 102 Å². The summed E-state index contributed by atoms with van der Waals surface area (Å²) in [5, 5.41) is 24.6. The summed E-state index contributed by atoms with van der Waals surface area (Å²) in [7, 11) is 1.68. The highest BCUT2D eigenvalue weighted by Gasteiger charge is 2.31. The van der Waals surface area contributed by atoms with Gasteiger partial charge in [0.05, 0.1) is 39.3 Å². The zero-order valence-corrected chi connectivity index (χ0v) is 33.4. The summed E-state index contributed by atoms with van der Waals surface area (Å²) in [6, 6.07) is 16.8. The van der Waals surface area contributed by atoms with E-state index in [2.05, 4.69) is 53.6 Å². The Morgan fingerprint density at radius 3 is 2.04 bits per heavy atom. The molecule has 4 rings (SSSR count). The highest BCUT2D eigenvalue weighted by molar-refractivity contribution is 7.11. The fourth-order valence-electron chi connectivity index (χ4n) is 5.73. The molecule has 0 aliphatic heterocycles. The van der Waals surface area contributed by atoms with E-state index in [-0.39, 0.29) is 36.8 Å². The fourth-order valence-corrected chi connectivity index (χ4v) is 7.39. The standard InChI is InChI=1S/C40H54N6O5S2/c1-25(2)35(45-39(49)46(7)22-31-24-52-38(43-31)27(5)6)36(48)42-30(18-28-14-10-8-11-15-28)20-34(47)33(19-29-16-12-9-13-17-29)44-40(50)51-23-32-21-41-37(53-32)26(3)4/h8-17,21,24-27,30,33-35,47H,18-20,22-23H2,1-7H3,(H,42,48)(H,44,50)(H,45,49)/t30-,33-,34-,35-/m0/s1. The maximum atomic E-state index is 13.9. The van der Waals surface area contributed by atoms with Crippen LogP contribution in [0.4, 0.5) is 9.59 Å². The number of hydrogen-bond acceptors (Lipinski definition) is 9. The van der Waals surface area contributed by atoms with E-state index in [1.165, 1.54) is 16.2 Å². The van der Waals surface area contributed by atoms with Gasteiger partial charge >= 0.3 is 12.1 Å². The molecule has 4 atom stereocenters. The van der Waals surface area contributed by atoms with Crippen molar-refractivity contribution in [1.82, 2.24) is 30.8 Å². The summed E-state index contributed by atoms with van der Waals surface area (Å²) in [5.41, 5.74) is 2.69. The third-order valence-corrected chi connectivity index (χ3v) is 11.2. The zero-order chi connectivity index (χ0) is 38.5. The number of thiazole rings is 2. The molecule has 0 bridgehead atoms. The maximum absolute atomic E-state index is 13.9. The van der Waals surface area contributed by atoms with Crippen LogP contribution in [-0.2, 0) is 35.5 Å². The molecule has 4 amide bonds. The number of aromatic nitrogens is 2. The first-order chi connectivity index (χ1) is 25.3. The number of hydrogen-bond donors (Lipinski definition) is 4. The molecule has 0 radical (unpaired) electrons. The number of aliphatic hydroxyl groups is 1. The molecule has 13 heteroatoms. The van der Waals surface area contributed by atoms with Gasteiger partial charge < -0.3 is 30.7 Å². The van der Waals surface area contributed by atoms with Crippen LogP contribution in [0.1, 0.15) is 91.5 Å². The molecule has 0 aliphatic carbocycles. The number of aliphatic hydroxyl groups excluding tert-OH is 1. The first-order valence-corrected chi connectivity index (χ1v) is 19.9. The summed E-state index contributed by atoms with van der Waals surface area (Å²) < 4.78 is 5.56. The molecule has 0 saturated carbocycles. The monoisotopic (exact) mass is 762 g/mol. The number of urea groups is 1. The van der Waals surface area contributed by atoms with Crippen molar-refractivity contribution in [2.75, 3.05) is 7.05 Å². The second-order valence-electron chi connectivity index (χ2n) is 14.4. The lowest BCUT2D eigenvalue weighted by Crippen LogP contribution is -2.55. The number of benzene rings is 2. The molecule has 0 fully saturated rings. The molecule has 4 N–H and O–H groups in total. The van der Waals surface area contributed by atoms with Crippen LogP contribution in [0.2, 0.25) is 0 Å². The topological polar surface area (TPSA) is 146 Å². The highest BCUT2D eigenvalue weighted by Crippen LogP contribution is 2.22. The summed E-state index contributed by atoms with van der Waals surface area (Å²) in [6.45, 7) is 12.4. The van der Waals surface area contributed by atoms with E-state index in [1.54, 1.807) is 24.6 Å². The Bertz CT molecular complexity index is 1730.